The van der Waals surface area contributed by atoms with Crippen LogP contribution in [0.15, 0.2) is 28.1 Å². The number of carbonyl (C=O) groups excluding carboxylic acids is 1. The van der Waals surface area contributed by atoms with E-state index in [1.807, 2.05) is 11.8 Å². The minimum Gasteiger partial charge on any atom is -0.377 e. The Morgan fingerprint density at radius 2 is 2.12 bits per heavy atom. The Balaban J connectivity index is 1.50. The fourth-order valence-electron chi connectivity index (χ4n) is 4.50. The van der Waals surface area contributed by atoms with E-state index in [0.717, 1.165) is 17.7 Å². The molecule has 2 fully saturated rings. The largest absolute Gasteiger partial charge is 0.377 e. The predicted molar refractivity (Wildman–Crippen MR) is 124 cm³/mol. The van der Waals surface area contributed by atoms with E-state index in [0.29, 0.717) is 34.5 Å². The van der Waals surface area contributed by atoms with E-state index in [2.05, 4.69) is 9.71 Å². The predicted octanol–water partition coefficient (Wildman–Crippen LogP) is 2.19. The molecule has 9 nitrogen and oxygen atoms in total. The molecule has 174 valence electrons. The molecule has 0 bridgehead atoms. The van der Waals surface area contributed by atoms with Gasteiger partial charge in [0.1, 0.15) is 6.04 Å². The van der Waals surface area contributed by atoms with Crippen LogP contribution in [0.4, 0.5) is 5.69 Å². The number of guanidine groups is 1. The summed E-state index contributed by atoms with van der Waals surface area (Å²) in [5, 5.41) is 0.690. The molecule has 6 rings (SSSR count). The molecule has 4 heterocycles. The molecule has 4 aliphatic rings. The maximum atomic E-state index is 13.9. The molecule has 1 aliphatic carbocycles. The van der Waals surface area contributed by atoms with E-state index < -0.39 is 28.0 Å². The summed E-state index contributed by atoms with van der Waals surface area (Å²) in [6, 6.07) is 4.00. The molecule has 1 aromatic heterocycles. The number of aromatic nitrogens is 1. The van der Waals surface area contributed by atoms with Crippen molar-refractivity contribution < 1.29 is 20.7 Å². The van der Waals surface area contributed by atoms with E-state index in [9.17, 15) is 13.2 Å². The van der Waals surface area contributed by atoms with Gasteiger partial charge in [0.05, 0.1) is 55.3 Å². The number of hydrogen-bond acceptors (Lipinski definition) is 8. The number of rotatable bonds is 5. The summed E-state index contributed by atoms with van der Waals surface area (Å²) >= 11 is 1.19. The quantitative estimate of drug-likeness (QED) is 0.691. The molecule has 3 aliphatic heterocycles. The molecular formula is C22H25N5O4S2. The number of aliphatic imine (C=N–C) groups is 1. The van der Waals surface area contributed by atoms with Gasteiger partial charge in [-0.25, -0.2) is 23.1 Å². The van der Waals surface area contributed by atoms with Gasteiger partial charge in [0.15, 0.2) is 0 Å². The van der Waals surface area contributed by atoms with Crippen LogP contribution >= 0.6 is 11.3 Å². The second-order valence-electron chi connectivity index (χ2n) is 9.22. The lowest BCUT2D eigenvalue weighted by Gasteiger charge is -2.38. The van der Waals surface area contributed by atoms with Crippen LogP contribution in [0.5, 0.6) is 0 Å². The first-order chi connectivity index (χ1) is 16.4. The van der Waals surface area contributed by atoms with E-state index in [-0.39, 0.29) is 28.5 Å². The zero-order valence-electron chi connectivity index (χ0n) is 20.5. The summed E-state index contributed by atoms with van der Waals surface area (Å²) in [6.45, 7) is 3.85. The highest BCUT2D eigenvalue weighted by atomic mass is 32.2. The van der Waals surface area contributed by atoms with Gasteiger partial charge in [-0.3, -0.25) is 9.69 Å². The molecule has 0 spiro atoms. The number of amides is 1. The van der Waals surface area contributed by atoms with Crippen molar-refractivity contribution in [3.63, 3.8) is 0 Å². The molecule has 1 aromatic carbocycles. The van der Waals surface area contributed by atoms with E-state index in [1.165, 1.54) is 23.5 Å². The third kappa shape index (κ3) is 3.40. The van der Waals surface area contributed by atoms with Crippen molar-refractivity contribution in [2.45, 2.75) is 62.6 Å². The Bertz CT molecular complexity index is 1400. The summed E-state index contributed by atoms with van der Waals surface area (Å²) in [5.41, 5.74) is 0.659. The number of carbonyl (C=O) groups is 1. The molecule has 2 atom stereocenters. The average molecular weight is 490 g/mol. The van der Waals surface area contributed by atoms with E-state index in [1.54, 1.807) is 19.9 Å². The third-order valence-electron chi connectivity index (χ3n) is 6.52. The fourth-order valence-corrected chi connectivity index (χ4v) is 6.80. The highest BCUT2D eigenvalue weighted by Gasteiger charge is 2.49. The second kappa shape index (κ2) is 7.08. The Morgan fingerprint density at radius 3 is 2.82 bits per heavy atom. The van der Waals surface area contributed by atoms with Crippen molar-refractivity contribution in [1.29, 1.82) is 0 Å². The van der Waals surface area contributed by atoms with Gasteiger partial charge < -0.3 is 9.64 Å². The lowest BCUT2D eigenvalue weighted by atomic mass is 10.0. The summed E-state index contributed by atoms with van der Waals surface area (Å²) in [6.07, 6.45) is 1.52. The zero-order chi connectivity index (χ0) is 24.9. The summed E-state index contributed by atoms with van der Waals surface area (Å²) in [4.78, 5) is 26.1. The van der Waals surface area contributed by atoms with Crippen LogP contribution in [0.2, 0.25) is 0 Å². The fraction of sp³-hybridized carbons (Fsp3) is 0.500. The minimum atomic E-state index is -3.86. The maximum Gasteiger partial charge on any atom is 0.263 e. The molecular weight excluding hydrogens is 462 g/mol. The first-order valence-corrected chi connectivity index (χ1v) is 13.1. The number of nitrogens with zero attached hydrogens (tertiary/aromatic N) is 4. The number of hydrogen-bond donors (Lipinski definition) is 1. The molecule has 2 aromatic rings. The van der Waals surface area contributed by atoms with Crippen molar-refractivity contribution in [2.24, 2.45) is 4.99 Å². The number of benzene rings is 1. The number of sulfonamides is 1. The Labute approximate surface area is 199 Å². The van der Waals surface area contributed by atoms with Crippen molar-refractivity contribution in [3.05, 3.63) is 39.3 Å². The topological polar surface area (TPSA) is 104 Å². The first-order valence-electron chi connectivity index (χ1n) is 11.8. The van der Waals surface area contributed by atoms with Crippen molar-refractivity contribution in [2.75, 3.05) is 18.1 Å². The normalized spacial score (nSPS) is 26.4. The number of anilines is 1. The number of nitrogens with one attached hydrogen (secondary N) is 1. The van der Waals surface area contributed by atoms with Gasteiger partial charge in [0.25, 0.3) is 5.91 Å². The number of fused-ring (bicyclic) bond motifs is 5. The van der Waals surface area contributed by atoms with Crippen LogP contribution in [0.25, 0.3) is 0 Å². The van der Waals surface area contributed by atoms with Crippen molar-refractivity contribution in [3.8, 4) is 0 Å². The SMILES string of the molecule is [2H]C([2H])(c1sc(C)nc1C)N1C(=O)c2cc(S(=O)(=O)NC3(C)CC3)ccc2N2C1=N[C@H]1COC[C@H]12. The average Bonchev–Trinajstić information content (AvgIpc) is 3.09. The third-order valence-corrected chi connectivity index (χ3v) is 9.13. The number of thiazole rings is 1. The Kier molecular flexibility index (Phi) is 4.08. The number of aryl methyl sites for hydroxylation is 2. The van der Waals surface area contributed by atoms with Crippen LogP contribution < -0.4 is 9.62 Å². The van der Waals surface area contributed by atoms with Gasteiger partial charge in [0, 0.05) is 10.4 Å². The monoisotopic (exact) mass is 489 g/mol. The molecule has 1 saturated heterocycles. The van der Waals surface area contributed by atoms with E-state index >= 15 is 0 Å². The minimum absolute atomic E-state index is 0.0261. The van der Waals surface area contributed by atoms with Crippen LogP contribution in [0.3, 0.4) is 0 Å². The van der Waals surface area contributed by atoms with Crippen LogP contribution in [0.1, 0.15) is 48.4 Å². The Morgan fingerprint density at radius 1 is 1.33 bits per heavy atom. The van der Waals surface area contributed by atoms with Gasteiger partial charge in [0.2, 0.25) is 16.0 Å². The molecule has 1 saturated carbocycles. The number of ether oxygens (including phenoxy) is 1. The smallest absolute Gasteiger partial charge is 0.263 e. The molecule has 0 unspecified atom stereocenters. The standard InChI is InChI=1S/C22H25N5O4S2/c1-12-19(32-13(2)23-12)9-26-20(28)15-8-14(33(29,30)25-22(3)6-7-22)4-5-17(15)27-18-11-31-10-16(18)24-21(26)27/h4-5,8,16,18,25H,6-7,9-11H2,1-3H3/t16-,18+/m0/s1/i9D2. The van der Waals surface area contributed by atoms with Gasteiger partial charge >= 0.3 is 0 Å². The summed E-state index contributed by atoms with van der Waals surface area (Å²) in [7, 11) is -3.86. The molecule has 0 radical (unpaired) electrons. The Hall–Kier alpha value is -2.34. The van der Waals surface area contributed by atoms with Gasteiger partial charge in [-0.05, 0) is 51.8 Å². The second-order valence-corrected chi connectivity index (χ2v) is 12.1. The van der Waals surface area contributed by atoms with Crippen molar-refractivity contribution in [1.82, 2.24) is 14.6 Å². The maximum absolute atomic E-state index is 13.9. The highest BCUT2D eigenvalue weighted by molar-refractivity contribution is 7.89. The van der Waals surface area contributed by atoms with Crippen LogP contribution in [0, 0.1) is 13.8 Å². The van der Waals surface area contributed by atoms with Crippen LogP contribution in [-0.2, 0) is 21.3 Å². The summed E-state index contributed by atoms with van der Waals surface area (Å²) in [5.74, 6) is -0.420. The van der Waals surface area contributed by atoms with Crippen molar-refractivity contribution >= 4 is 38.9 Å². The molecule has 1 N–H and O–H groups in total. The molecule has 33 heavy (non-hydrogen) atoms. The zero-order valence-corrected chi connectivity index (χ0v) is 20.1. The van der Waals surface area contributed by atoms with Crippen LogP contribution in [-0.4, -0.2) is 61.0 Å². The lowest BCUT2D eigenvalue weighted by molar-refractivity contribution is 0.0832. The lowest BCUT2D eigenvalue weighted by Crippen LogP contribution is -2.53. The van der Waals surface area contributed by atoms with Gasteiger partial charge in [-0.1, -0.05) is 0 Å². The first kappa shape index (κ1) is 19.0. The summed E-state index contributed by atoms with van der Waals surface area (Å²) < 4.78 is 52.5. The van der Waals surface area contributed by atoms with Gasteiger partial charge in [-0.2, -0.15) is 0 Å². The van der Waals surface area contributed by atoms with E-state index in [4.69, 9.17) is 12.5 Å². The molecule has 1 amide bonds. The molecule has 11 heteroatoms. The van der Waals surface area contributed by atoms with Gasteiger partial charge in [-0.15, -0.1) is 11.3 Å². The highest BCUT2D eigenvalue weighted by Crippen LogP contribution is 2.40.